The summed E-state index contributed by atoms with van der Waals surface area (Å²) in [6, 6.07) is 9.71. The molecule has 0 bridgehead atoms. The molecule has 3 heterocycles. The number of hydrogen-bond acceptors (Lipinski definition) is 6. The number of nitrogens with zero attached hydrogens (tertiary/aromatic N) is 4. The fraction of sp³-hybridized carbons (Fsp3) is 0.190. The summed E-state index contributed by atoms with van der Waals surface area (Å²) in [6.07, 6.45) is 1.65. The van der Waals surface area contributed by atoms with Gasteiger partial charge in [-0.1, -0.05) is 24.3 Å². The van der Waals surface area contributed by atoms with Crippen LogP contribution in [-0.4, -0.2) is 31.6 Å². The standard InChI is InChI=1S/C21H20N6O2S/c1-11(2)27-19-15(9-23-27)14(8-16(24-19)13-7-5-4-6-12(13)3)20(29)26-21-25-17(10-30-21)18(22)28/h4-11H,1-3H3,(H2,22,28)(H,25,26,29). The molecular weight excluding hydrogens is 400 g/mol. The number of aryl methyl sites for hydroxylation is 1. The number of nitrogens with one attached hydrogen (secondary N) is 1. The Hall–Kier alpha value is -3.59. The fourth-order valence-corrected chi connectivity index (χ4v) is 3.89. The van der Waals surface area contributed by atoms with Crippen LogP contribution in [0.15, 0.2) is 41.9 Å². The highest BCUT2D eigenvalue weighted by molar-refractivity contribution is 7.14. The Morgan fingerprint density at radius 3 is 2.63 bits per heavy atom. The minimum atomic E-state index is -0.641. The van der Waals surface area contributed by atoms with Gasteiger partial charge in [-0.15, -0.1) is 11.3 Å². The second-order valence-corrected chi connectivity index (χ2v) is 8.00. The third-order valence-electron chi connectivity index (χ3n) is 4.70. The Labute approximate surface area is 176 Å². The normalized spacial score (nSPS) is 11.2. The average Bonchev–Trinajstić information content (AvgIpc) is 3.34. The quantitative estimate of drug-likeness (QED) is 0.509. The molecule has 30 heavy (non-hydrogen) atoms. The zero-order valence-corrected chi connectivity index (χ0v) is 17.5. The van der Waals surface area contributed by atoms with E-state index in [4.69, 9.17) is 10.7 Å². The van der Waals surface area contributed by atoms with Crippen LogP contribution >= 0.6 is 11.3 Å². The van der Waals surface area contributed by atoms with E-state index in [1.54, 1.807) is 16.9 Å². The van der Waals surface area contributed by atoms with Crippen LogP contribution in [-0.2, 0) is 0 Å². The summed E-state index contributed by atoms with van der Waals surface area (Å²) in [5, 5.41) is 9.63. The molecule has 0 aliphatic rings. The number of anilines is 1. The van der Waals surface area contributed by atoms with Gasteiger partial charge in [0.15, 0.2) is 10.8 Å². The monoisotopic (exact) mass is 420 g/mol. The van der Waals surface area contributed by atoms with Crippen molar-refractivity contribution in [2.45, 2.75) is 26.8 Å². The molecule has 0 radical (unpaired) electrons. The number of rotatable bonds is 5. The molecule has 3 N–H and O–H groups in total. The molecule has 2 amide bonds. The Morgan fingerprint density at radius 1 is 1.20 bits per heavy atom. The lowest BCUT2D eigenvalue weighted by Crippen LogP contribution is -2.15. The Bertz CT molecular complexity index is 1270. The van der Waals surface area contributed by atoms with E-state index < -0.39 is 5.91 Å². The van der Waals surface area contributed by atoms with E-state index in [-0.39, 0.29) is 17.6 Å². The van der Waals surface area contributed by atoms with E-state index in [2.05, 4.69) is 15.4 Å². The van der Waals surface area contributed by atoms with Crippen LogP contribution in [0.5, 0.6) is 0 Å². The summed E-state index contributed by atoms with van der Waals surface area (Å²) in [6.45, 7) is 6.02. The minimum absolute atomic E-state index is 0.0788. The molecule has 0 aliphatic heterocycles. The van der Waals surface area contributed by atoms with Crippen molar-refractivity contribution < 1.29 is 9.59 Å². The maximum absolute atomic E-state index is 13.1. The predicted molar refractivity (Wildman–Crippen MR) is 117 cm³/mol. The van der Waals surface area contributed by atoms with Crippen molar-refractivity contribution in [3.8, 4) is 11.3 Å². The van der Waals surface area contributed by atoms with Crippen LogP contribution in [0.2, 0.25) is 0 Å². The maximum atomic E-state index is 13.1. The molecule has 152 valence electrons. The van der Waals surface area contributed by atoms with Crippen molar-refractivity contribution >= 4 is 39.3 Å². The van der Waals surface area contributed by atoms with E-state index in [1.165, 1.54) is 5.38 Å². The number of amides is 2. The first-order valence-electron chi connectivity index (χ1n) is 9.36. The predicted octanol–water partition coefficient (Wildman–Crippen LogP) is 3.80. The minimum Gasteiger partial charge on any atom is -0.364 e. The van der Waals surface area contributed by atoms with Gasteiger partial charge in [-0.2, -0.15) is 5.10 Å². The van der Waals surface area contributed by atoms with Gasteiger partial charge < -0.3 is 5.73 Å². The lowest BCUT2D eigenvalue weighted by Gasteiger charge is -2.11. The third-order valence-corrected chi connectivity index (χ3v) is 5.46. The number of hydrogen-bond donors (Lipinski definition) is 2. The maximum Gasteiger partial charge on any atom is 0.268 e. The Balaban J connectivity index is 1.84. The van der Waals surface area contributed by atoms with Gasteiger partial charge in [0.2, 0.25) is 0 Å². The first kappa shape index (κ1) is 19.7. The number of pyridine rings is 1. The molecule has 0 spiro atoms. The van der Waals surface area contributed by atoms with E-state index >= 15 is 0 Å². The van der Waals surface area contributed by atoms with Crippen LogP contribution in [0.1, 0.15) is 46.3 Å². The average molecular weight is 420 g/mol. The second-order valence-electron chi connectivity index (χ2n) is 7.15. The number of primary amides is 1. The third kappa shape index (κ3) is 3.55. The van der Waals surface area contributed by atoms with E-state index in [0.717, 1.165) is 22.5 Å². The first-order chi connectivity index (χ1) is 14.3. The smallest absolute Gasteiger partial charge is 0.268 e. The highest BCUT2D eigenvalue weighted by Gasteiger charge is 2.20. The molecule has 0 unspecified atom stereocenters. The SMILES string of the molecule is Cc1ccccc1-c1cc(C(=O)Nc2nc(C(N)=O)cs2)c2cnn(C(C)C)c2n1. The highest BCUT2D eigenvalue weighted by atomic mass is 32.1. The van der Waals surface area contributed by atoms with Crippen molar-refractivity contribution in [3.63, 3.8) is 0 Å². The zero-order valence-electron chi connectivity index (χ0n) is 16.7. The number of aromatic nitrogens is 4. The van der Waals surface area contributed by atoms with E-state index in [1.807, 2.05) is 45.0 Å². The number of thiazole rings is 1. The van der Waals surface area contributed by atoms with Gasteiger partial charge in [0.25, 0.3) is 11.8 Å². The lowest BCUT2D eigenvalue weighted by atomic mass is 10.0. The highest BCUT2D eigenvalue weighted by Crippen LogP contribution is 2.29. The van der Waals surface area contributed by atoms with Crippen LogP contribution in [0.3, 0.4) is 0 Å². The summed E-state index contributed by atoms with van der Waals surface area (Å²) in [7, 11) is 0. The van der Waals surface area contributed by atoms with Crippen LogP contribution in [0, 0.1) is 6.92 Å². The Kier molecular flexibility index (Phi) is 5.04. The first-order valence-corrected chi connectivity index (χ1v) is 10.2. The molecule has 1 aromatic carbocycles. The van der Waals surface area contributed by atoms with Crippen LogP contribution in [0.25, 0.3) is 22.3 Å². The number of nitrogens with two attached hydrogens (primary N) is 1. The topological polar surface area (TPSA) is 116 Å². The summed E-state index contributed by atoms with van der Waals surface area (Å²) in [5.74, 6) is -0.996. The van der Waals surface area contributed by atoms with Gasteiger partial charge in [0, 0.05) is 17.0 Å². The summed E-state index contributed by atoms with van der Waals surface area (Å²) in [4.78, 5) is 33.3. The molecule has 0 saturated carbocycles. The van der Waals surface area contributed by atoms with Gasteiger partial charge in [-0.3, -0.25) is 14.9 Å². The van der Waals surface area contributed by atoms with Crippen molar-refractivity contribution in [1.29, 1.82) is 0 Å². The molecule has 0 fully saturated rings. The molecule has 0 aliphatic carbocycles. The van der Waals surface area contributed by atoms with Gasteiger partial charge in [0.1, 0.15) is 5.69 Å². The van der Waals surface area contributed by atoms with Crippen molar-refractivity contribution in [1.82, 2.24) is 19.7 Å². The van der Waals surface area contributed by atoms with Crippen LogP contribution in [0.4, 0.5) is 5.13 Å². The van der Waals surface area contributed by atoms with E-state index in [0.29, 0.717) is 27.4 Å². The molecule has 0 atom stereocenters. The molecule has 3 aromatic heterocycles. The molecule has 9 heteroatoms. The van der Waals surface area contributed by atoms with Crippen LogP contribution < -0.4 is 11.1 Å². The van der Waals surface area contributed by atoms with Crippen molar-refractivity contribution in [3.05, 3.63) is 58.7 Å². The zero-order chi connectivity index (χ0) is 21.4. The number of carbonyl (C=O) groups is 2. The largest absolute Gasteiger partial charge is 0.364 e. The van der Waals surface area contributed by atoms with Gasteiger partial charge in [-0.05, 0) is 32.4 Å². The number of fused-ring (bicyclic) bond motifs is 1. The van der Waals surface area contributed by atoms with Gasteiger partial charge >= 0.3 is 0 Å². The van der Waals surface area contributed by atoms with Crippen molar-refractivity contribution in [2.24, 2.45) is 5.73 Å². The molecular formula is C21H20N6O2S. The lowest BCUT2D eigenvalue weighted by molar-refractivity contribution is 0.0992. The summed E-state index contributed by atoms with van der Waals surface area (Å²) in [5.41, 5.74) is 9.10. The second kappa shape index (κ2) is 7.68. The molecule has 4 rings (SSSR count). The van der Waals surface area contributed by atoms with Gasteiger partial charge in [-0.25, -0.2) is 14.6 Å². The number of benzene rings is 1. The van der Waals surface area contributed by atoms with Gasteiger partial charge in [0.05, 0.1) is 22.8 Å². The molecule has 4 aromatic rings. The fourth-order valence-electron chi connectivity index (χ4n) is 3.19. The number of carbonyl (C=O) groups excluding carboxylic acids is 2. The summed E-state index contributed by atoms with van der Waals surface area (Å²) < 4.78 is 1.79. The Morgan fingerprint density at radius 2 is 1.97 bits per heavy atom. The molecule has 8 nitrogen and oxygen atoms in total. The molecule has 0 saturated heterocycles. The van der Waals surface area contributed by atoms with Crippen molar-refractivity contribution in [2.75, 3.05) is 5.32 Å². The van der Waals surface area contributed by atoms with E-state index in [9.17, 15) is 9.59 Å². The summed E-state index contributed by atoms with van der Waals surface area (Å²) >= 11 is 1.14.